The van der Waals surface area contributed by atoms with Crippen LogP contribution in [0.4, 0.5) is 15.8 Å². The standard InChI is InChI=1S/C13H11FIN2O3/c1-20-12-7-9(16)6-11(14)13(12)8-2-4-10(5-3-8)17(19)15-18/h2-7H,16H2,1H3/q-1. The number of nitrogens with zero attached hydrogens (tertiary/aromatic N) is 1. The number of rotatable bonds is 4. The van der Waals surface area contributed by atoms with Crippen molar-refractivity contribution in [1.82, 2.24) is 0 Å². The largest absolute Gasteiger partial charge is 0.748 e. The number of halogens is 2. The zero-order valence-corrected chi connectivity index (χ0v) is 12.6. The van der Waals surface area contributed by atoms with E-state index in [9.17, 15) is 12.7 Å². The molecule has 2 rings (SSSR count). The lowest BCUT2D eigenvalue weighted by molar-refractivity contribution is 0.414. The monoisotopic (exact) mass is 389 g/mol. The zero-order valence-electron chi connectivity index (χ0n) is 10.5. The van der Waals surface area contributed by atoms with Gasteiger partial charge in [0, 0.05) is 17.4 Å². The number of methoxy groups -OCH3 is 1. The SMILES string of the molecule is COc1cc(N)cc(F)c1-c1ccc(N([O-])I=O)cc1. The first-order valence-corrected chi connectivity index (χ1v) is 7.39. The van der Waals surface area contributed by atoms with Gasteiger partial charge in [-0.05, 0) is 23.8 Å². The van der Waals surface area contributed by atoms with E-state index >= 15 is 0 Å². The van der Waals surface area contributed by atoms with Crippen LogP contribution in [0.3, 0.4) is 0 Å². The predicted octanol–water partition coefficient (Wildman–Crippen LogP) is 3.62. The molecule has 0 spiro atoms. The molecule has 5 nitrogen and oxygen atoms in total. The fourth-order valence-electron chi connectivity index (χ4n) is 1.83. The topological polar surface area (TPSA) is 78.6 Å². The minimum atomic E-state index is -1.81. The molecular formula is C13H11FIN2O3-. The van der Waals surface area contributed by atoms with Gasteiger partial charge in [0.2, 0.25) is 0 Å². The lowest BCUT2D eigenvalue weighted by atomic mass is 10.0. The van der Waals surface area contributed by atoms with Crippen molar-refractivity contribution in [3.63, 3.8) is 0 Å². The quantitative estimate of drug-likeness (QED) is 0.374. The summed E-state index contributed by atoms with van der Waals surface area (Å²) in [7, 11) is 1.42. The van der Waals surface area contributed by atoms with E-state index in [2.05, 4.69) is 0 Å². The minimum Gasteiger partial charge on any atom is -0.748 e. The summed E-state index contributed by atoms with van der Waals surface area (Å²) in [6.07, 6.45) is 0. The number of nitrogen functional groups attached to an aromatic ring is 1. The Bertz CT molecular complexity index is 634. The van der Waals surface area contributed by atoms with E-state index in [4.69, 9.17) is 10.5 Å². The van der Waals surface area contributed by atoms with Gasteiger partial charge in [-0.15, -0.1) is 0 Å². The van der Waals surface area contributed by atoms with E-state index in [1.54, 1.807) is 12.1 Å². The first-order valence-electron chi connectivity index (χ1n) is 5.55. The maximum atomic E-state index is 14.0. The van der Waals surface area contributed by atoms with E-state index in [1.165, 1.54) is 31.4 Å². The number of ether oxygens (including phenoxy) is 1. The molecule has 0 saturated heterocycles. The fourth-order valence-corrected chi connectivity index (χ4v) is 2.38. The Labute approximate surface area is 125 Å². The Morgan fingerprint density at radius 2 is 1.95 bits per heavy atom. The molecule has 0 fully saturated rings. The molecule has 0 bridgehead atoms. The number of nitrogens with two attached hydrogens (primary N) is 1. The molecule has 0 saturated carbocycles. The molecule has 0 aliphatic heterocycles. The van der Waals surface area contributed by atoms with Crippen molar-refractivity contribution in [2.75, 3.05) is 16.1 Å². The summed E-state index contributed by atoms with van der Waals surface area (Å²) >= 11 is -1.81. The normalized spacial score (nSPS) is 10.3. The molecule has 0 aliphatic carbocycles. The van der Waals surface area contributed by atoms with E-state index in [0.717, 1.165) is 0 Å². The van der Waals surface area contributed by atoms with Crippen LogP contribution in [-0.2, 0) is 3.07 Å². The molecule has 0 aromatic heterocycles. The molecule has 0 heterocycles. The second-order valence-electron chi connectivity index (χ2n) is 3.94. The molecule has 2 aromatic rings. The van der Waals surface area contributed by atoms with E-state index < -0.39 is 27.3 Å². The first kappa shape index (κ1) is 14.7. The molecule has 20 heavy (non-hydrogen) atoms. The third-order valence-electron chi connectivity index (χ3n) is 2.72. The molecule has 0 atom stereocenters. The average molecular weight is 389 g/mol. The van der Waals surface area contributed by atoms with Crippen LogP contribution in [0.5, 0.6) is 5.75 Å². The molecule has 0 amide bonds. The van der Waals surface area contributed by atoms with Gasteiger partial charge in [-0.2, -0.15) is 0 Å². The smallest absolute Gasteiger partial charge is 0.262 e. The second kappa shape index (κ2) is 6.14. The van der Waals surface area contributed by atoms with Gasteiger partial charge in [0.05, 0.1) is 12.7 Å². The highest BCUT2D eigenvalue weighted by molar-refractivity contribution is 14.1. The molecular weight excluding hydrogens is 378 g/mol. The van der Waals surface area contributed by atoms with Crippen molar-refractivity contribution in [2.24, 2.45) is 0 Å². The predicted molar refractivity (Wildman–Crippen MR) is 83.4 cm³/mol. The van der Waals surface area contributed by atoms with Gasteiger partial charge in [0.25, 0.3) is 21.5 Å². The summed E-state index contributed by atoms with van der Waals surface area (Å²) in [4.78, 5) is 0. The lowest BCUT2D eigenvalue weighted by Gasteiger charge is -2.21. The Hall–Kier alpha value is -1.74. The maximum absolute atomic E-state index is 14.0. The highest BCUT2D eigenvalue weighted by Crippen LogP contribution is 2.35. The van der Waals surface area contributed by atoms with Crippen molar-refractivity contribution < 1.29 is 12.2 Å². The molecule has 106 valence electrons. The van der Waals surface area contributed by atoms with E-state index in [0.29, 0.717) is 14.6 Å². The van der Waals surface area contributed by atoms with Gasteiger partial charge in [-0.1, -0.05) is 12.1 Å². The van der Waals surface area contributed by atoms with Gasteiger partial charge in [0.1, 0.15) is 11.6 Å². The van der Waals surface area contributed by atoms with Crippen LogP contribution in [0, 0.1) is 11.0 Å². The van der Waals surface area contributed by atoms with Gasteiger partial charge >= 0.3 is 0 Å². The Morgan fingerprint density at radius 1 is 1.30 bits per heavy atom. The number of anilines is 2. The van der Waals surface area contributed by atoms with E-state index in [1.807, 2.05) is 0 Å². The molecule has 7 heteroatoms. The van der Waals surface area contributed by atoms with Gasteiger partial charge < -0.3 is 19.0 Å². The number of benzene rings is 2. The van der Waals surface area contributed by atoms with Crippen LogP contribution in [0.15, 0.2) is 36.4 Å². The van der Waals surface area contributed by atoms with Crippen LogP contribution < -0.4 is 13.7 Å². The summed E-state index contributed by atoms with van der Waals surface area (Å²) in [5, 5.41) is 11.2. The van der Waals surface area contributed by atoms with Gasteiger partial charge in [-0.3, -0.25) is 0 Å². The fraction of sp³-hybridized carbons (Fsp3) is 0.0769. The van der Waals surface area contributed by atoms with Crippen molar-refractivity contribution in [1.29, 1.82) is 0 Å². The van der Waals surface area contributed by atoms with Crippen LogP contribution >= 0.6 is 21.5 Å². The highest BCUT2D eigenvalue weighted by Gasteiger charge is 2.13. The summed E-state index contributed by atoms with van der Waals surface area (Å²) < 4.78 is 30.2. The Morgan fingerprint density at radius 3 is 2.50 bits per heavy atom. The number of hydrogen-bond donors (Lipinski definition) is 1. The highest BCUT2D eigenvalue weighted by atomic mass is 127. The first-order chi connectivity index (χ1) is 9.56. The average Bonchev–Trinajstić information content (AvgIpc) is 2.46. The van der Waals surface area contributed by atoms with Gasteiger partial charge in [0.15, 0.2) is 0 Å². The van der Waals surface area contributed by atoms with E-state index in [-0.39, 0.29) is 16.9 Å². The molecule has 0 unspecified atom stereocenters. The van der Waals surface area contributed by atoms with Crippen molar-refractivity contribution in [3.05, 3.63) is 47.4 Å². The second-order valence-corrected chi connectivity index (χ2v) is 5.21. The molecule has 0 radical (unpaired) electrons. The Kier molecular flexibility index (Phi) is 4.50. The molecule has 0 aliphatic rings. The third kappa shape index (κ3) is 2.88. The van der Waals surface area contributed by atoms with Crippen LogP contribution in [0.2, 0.25) is 0 Å². The summed E-state index contributed by atoms with van der Waals surface area (Å²) in [5.41, 5.74) is 6.91. The van der Waals surface area contributed by atoms with Crippen LogP contribution in [-0.4, -0.2) is 7.11 Å². The summed E-state index contributed by atoms with van der Waals surface area (Å²) in [6.45, 7) is 0. The maximum Gasteiger partial charge on any atom is 0.262 e. The van der Waals surface area contributed by atoms with Crippen molar-refractivity contribution in [2.45, 2.75) is 0 Å². The molecule has 2 aromatic carbocycles. The van der Waals surface area contributed by atoms with Crippen molar-refractivity contribution >= 4 is 32.8 Å². The third-order valence-corrected chi connectivity index (χ3v) is 3.63. The van der Waals surface area contributed by atoms with Crippen LogP contribution in [0.1, 0.15) is 0 Å². The van der Waals surface area contributed by atoms with Crippen molar-refractivity contribution in [3.8, 4) is 16.9 Å². The number of hydrogen-bond acceptors (Lipinski definition) is 4. The summed E-state index contributed by atoms with van der Waals surface area (Å²) in [5.74, 6) is -0.199. The van der Waals surface area contributed by atoms with Crippen LogP contribution in [0.25, 0.3) is 11.1 Å². The van der Waals surface area contributed by atoms with Gasteiger partial charge in [-0.25, -0.2) is 7.46 Å². The molecule has 2 N–H and O–H groups in total. The minimum absolute atomic E-state index is 0.265. The summed E-state index contributed by atoms with van der Waals surface area (Å²) in [6, 6.07) is 8.82. The zero-order chi connectivity index (χ0) is 14.7. The lowest BCUT2D eigenvalue weighted by Crippen LogP contribution is -1.98. The Balaban J connectivity index is 2.49.